The summed E-state index contributed by atoms with van der Waals surface area (Å²) < 4.78 is 5.92. The van der Waals surface area contributed by atoms with Gasteiger partial charge in [0.05, 0.1) is 6.42 Å². The van der Waals surface area contributed by atoms with Crippen LogP contribution in [0.4, 0.5) is 11.4 Å². The van der Waals surface area contributed by atoms with Crippen LogP contribution in [0.3, 0.4) is 0 Å². The quantitative estimate of drug-likeness (QED) is 0.139. The average molecular weight is 509 g/mol. The second-order valence-corrected chi connectivity index (χ2v) is 8.51. The fraction of sp³-hybridized carbons (Fsp3) is 0.100. The normalized spacial score (nSPS) is 11.2. The van der Waals surface area contributed by atoms with Gasteiger partial charge in [0.25, 0.3) is 5.91 Å². The van der Waals surface area contributed by atoms with Crippen LogP contribution in [0.5, 0.6) is 5.75 Å². The van der Waals surface area contributed by atoms with Crippen molar-refractivity contribution >= 4 is 29.2 Å². The van der Waals surface area contributed by atoms with E-state index in [1.54, 1.807) is 48.5 Å². The molecule has 8 heteroatoms. The minimum absolute atomic E-state index is 0.159. The highest BCUT2D eigenvalue weighted by Gasteiger charge is 2.17. The molecule has 192 valence electrons. The standard InChI is InChI=1S/C30H28N4O4/c31-30(32-20-21-7-3-1-4-8-21)34-25-13-11-23(12-14-25)29(37)33-24-15-17-26(18-16-24)38-27(19-28(35)36)22-9-5-2-6-10-22/h1-18,27H,19-20H2,(H,33,37)(H,35,36)(H3,31,32,34). The molecule has 1 amide bonds. The van der Waals surface area contributed by atoms with Crippen molar-refractivity contribution in [3.05, 3.63) is 126 Å². The van der Waals surface area contributed by atoms with E-state index in [9.17, 15) is 14.7 Å². The van der Waals surface area contributed by atoms with Crippen molar-refractivity contribution in [3.8, 4) is 5.75 Å². The molecule has 4 aromatic carbocycles. The molecule has 1 unspecified atom stereocenters. The molecule has 0 spiro atoms. The van der Waals surface area contributed by atoms with E-state index in [0.29, 0.717) is 29.2 Å². The summed E-state index contributed by atoms with van der Waals surface area (Å²) in [6, 6.07) is 32.6. The first kappa shape index (κ1) is 26.0. The predicted molar refractivity (Wildman–Crippen MR) is 148 cm³/mol. The van der Waals surface area contributed by atoms with Crippen LogP contribution in [0.25, 0.3) is 0 Å². The molecule has 0 aromatic heterocycles. The summed E-state index contributed by atoms with van der Waals surface area (Å²) in [5.74, 6) is -0.581. The van der Waals surface area contributed by atoms with Gasteiger partial charge >= 0.3 is 5.97 Å². The molecule has 4 aromatic rings. The third-order valence-corrected chi connectivity index (χ3v) is 5.65. The zero-order valence-electron chi connectivity index (χ0n) is 20.6. The van der Waals surface area contributed by atoms with Gasteiger partial charge in [-0.15, -0.1) is 0 Å². The van der Waals surface area contributed by atoms with E-state index in [1.165, 1.54) is 0 Å². The van der Waals surface area contributed by atoms with Gasteiger partial charge < -0.3 is 25.8 Å². The lowest BCUT2D eigenvalue weighted by atomic mass is 10.1. The van der Waals surface area contributed by atoms with Gasteiger partial charge in [0.2, 0.25) is 0 Å². The smallest absolute Gasteiger partial charge is 0.307 e. The van der Waals surface area contributed by atoms with Crippen molar-refractivity contribution in [3.63, 3.8) is 0 Å². The van der Waals surface area contributed by atoms with E-state index in [0.717, 1.165) is 11.1 Å². The number of guanidine groups is 1. The number of carbonyl (C=O) groups is 2. The third-order valence-electron chi connectivity index (χ3n) is 5.65. The number of carboxylic acids is 1. The lowest BCUT2D eigenvalue weighted by molar-refractivity contribution is -0.138. The molecule has 0 radical (unpaired) electrons. The fourth-order valence-electron chi connectivity index (χ4n) is 3.72. The molecular formula is C30H28N4O4. The summed E-state index contributed by atoms with van der Waals surface area (Å²) >= 11 is 0. The Morgan fingerprint density at radius 1 is 0.763 bits per heavy atom. The van der Waals surface area contributed by atoms with Crippen LogP contribution in [-0.4, -0.2) is 22.9 Å². The van der Waals surface area contributed by atoms with Gasteiger partial charge in [-0.25, -0.2) is 0 Å². The molecule has 38 heavy (non-hydrogen) atoms. The summed E-state index contributed by atoms with van der Waals surface area (Å²) in [5, 5.41) is 26.1. The van der Waals surface area contributed by atoms with Crippen LogP contribution >= 0.6 is 0 Å². The molecule has 1 atom stereocenters. The Labute approximate surface area is 220 Å². The zero-order valence-corrected chi connectivity index (χ0v) is 20.6. The van der Waals surface area contributed by atoms with Crippen LogP contribution in [-0.2, 0) is 11.3 Å². The van der Waals surface area contributed by atoms with E-state index < -0.39 is 12.1 Å². The minimum Gasteiger partial charge on any atom is -0.485 e. The number of carboxylic acid groups (broad SMARTS) is 1. The van der Waals surface area contributed by atoms with Gasteiger partial charge in [-0.2, -0.15) is 0 Å². The lowest BCUT2D eigenvalue weighted by Crippen LogP contribution is -2.29. The number of benzene rings is 4. The Hall–Kier alpha value is -5.11. The Bertz CT molecular complexity index is 1360. The summed E-state index contributed by atoms with van der Waals surface area (Å²) in [7, 11) is 0. The molecule has 0 aliphatic carbocycles. The van der Waals surface area contributed by atoms with E-state index >= 15 is 0 Å². The minimum atomic E-state index is -0.954. The Kier molecular flexibility index (Phi) is 8.70. The number of hydrogen-bond donors (Lipinski definition) is 5. The largest absolute Gasteiger partial charge is 0.485 e. The van der Waals surface area contributed by atoms with Crippen molar-refractivity contribution in [2.24, 2.45) is 0 Å². The van der Waals surface area contributed by atoms with Crippen LogP contribution in [0.1, 0.15) is 34.0 Å². The molecule has 8 nitrogen and oxygen atoms in total. The van der Waals surface area contributed by atoms with Gasteiger partial charge in [0, 0.05) is 23.5 Å². The maximum Gasteiger partial charge on any atom is 0.307 e. The summed E-state index contributed by atoms with van der Waals surface area (Å²) in [5.41, 5.74) is 3.56. The molecule has 0 saturated heterocycles. The highest BCUT2D eigenvalue weighted by molar-refractivity contribution is 6.04. The highest BCUT2D eigenvalue weighted by Crippen LogP contribution is 2.26. The SMILES string of the molecule is N=C(NCc1ccccc1)Nc1ccc(C(=O)Nc2ccc(OC(CC(=O)O)c3ccccc3)cc2)cc1. The lowest BCUT2D eigenvalue weighted by Gasteiger charge is -2.18. The van der Waals surface area contributed by atoms with Gasteiger partial charge in [0.15, 0.2) is 5.96 Å². The first-order valence-electron chi connectivity index (χ1n) is 12.0. The van der Waals surface area contributed by atoms with Crippen molar-refractivity contribution in [1.29, 1.82) is 5.41 Å². The Morgan fingerprint density at radius 3 is 1.97 bits per heavy atom. The number of anilines is 2. The molecule has 0 bridgehead atoms. The van der Waals surface area contributed by atoms with Crippen molar-refractivity contribution in [2.45, 2.75) is 19.1 Å². The van der Waals surface area contributed by atoms with Crippen LogP contribution in [0, 0.1) is 5.41 Å². The first-order valence-corrected chi connectivity index (χ1v) is 12.0. The van der Waals surface area contributed by atoms with Crippen molar-refractivity contribution in [1.82, 2.24) is 5.32 Å². The monoisotopic (exact) mass is 508 g/mol. The van der Waals surface area contributed by atoms with Crippen LogP contribution in [0.2, 0.25) is 0 Å². The number of carbonyl (C=O) groups excluding carboxylic acids is 1. The number of hydrogen-bond acceptors (Lipinski definition) is 4. The average Bonchev–Trinajstić information content (AvgIpc) is 2.94. The number of ether oxygens (including phenoxy) is 1. The number of rotatable bonds is 10. The summed E-state index contributed by atoms with van der Waals surface area (Å²) in [6.45, 7) is 0.531. The molecule has 0 aliphatic heterocycles. The maximum absolute atomic E-state index is 12.7. The van der Waals surface area contributed by atoms with E-state index in [-0.39, 0.29) is 18.3 Å². The number of nitrogens with one attached hydrogen (secondary N) is 4. The first-order chi connectivity index (χ1) is 18.5. The van der Waals surface area contributed by atoms with Gasteiger partial charge in [-0.3, -0.25) is 15.0 Å². The molecule has 0 aliphatic rings. The van der Waals surface area contributed by atoms with Crippen molar-refractivity contribution in [2.75, 3.05) is 10.6 Å². The third kappa shape index (κ3) is 7.69. The summed E-state index contributed by atoms with van der Waals surface area (Å²) in [6.07, 6.45) is -0.799. The second kappa shape index (κ2) is 12.7. The molecule has 0 fully saturated rings. The Balaban J connectivity index is 1.30. The van der Waals surface area contributed by atoms with Crippen LogP contribution in [0.15, 0.2) is 109 Å². The molecule has 4 rings (SSSR count). The van der Waals surface area contributed by atoms with Gasteiger partial charge in [-0.05, 0) is 59.7 Å². The molecule has 5 N–H and O–H groups in total. The molecule has 0 saturated carbocycles. The van der Waals surface area contributed by atoms with E-state index in [2.05, 4.69) is 16.0 Å². The maximum atomic E-state index is 12.7. The number of aliphatic carboxylic acids is 1. The predicted octanol–water partition coefficient (Wildman–Crippen LogP) is 5.67. The topological polar surface area (TPSA) is 124 Å². The van der Waals surface area contributed by atoms with E-state index in [1.807, 2.05) is 60.7 Å². The fourth-order valence-corrected chi connectivity index (χ4v) is 3.72. The van der Waals surface area contributed by atoms with E-state index in [4.69, 9.17) is 10.1 Å². The second-order valence-electron chi connectivity index (χ2n) is 8.51. The molecule has 0 heterocycles. The summed E-state index contributed by atoms with van der Waals surface area (Å²) in [4.78, 5) is 24.0. The van der Waals surface area contributed by atoms with Crippen LogP contribution < -0.4 is 20.7 Å². The zero-order chi connectivity index (χ0) is 26.7. The van der Waals surface area contributed by atoms with Gasteiger partial charge in [-0.1, -0.05) is 60.7 Å². The molecular weight excluding hydrogens is 480 g/mol. The Morgan fingerprint density at radius 2 is 1.34 bits per heavy atom. The number of amides is 1. The van der Waals surface area contributed by atoms with Crippen molar-refractivity contribution < 1.29 is 19.4 Å². The highest BCUT2D eigenvalue weighted by atomic mass is 16.5. The van der Waals surface area contributed by atoms with Gasteiger partial charge in [0.1, 0.15) is 11.9 Å².